The molecule has 0 N–H and O–H groups in total. The molecule has 0 atom stereocenters. The minimum absolute atomic E-state index is 0.0224. The maximum absolute atomic E-state index is 13.0. The summed E-state index contributed by atoms with van der Waals surface area (Å²) in [5.41, 5.74) is 0.684. The summed E-state index contributed by atoms with van der Waals surface area (Å²) >= 11 is 0. The molecule has 0 radical (unpaired) electrons. The second kappa shape index (κ2) is 6.25. The van der Waals surface area contributed by atoms with Gasteiger partial charge in [0.1, 0.15) is 0 Å². The lowest BCUT2D eigenvalue weighted by molar-refractivity contribution is -0.144. The Morgan fingerprint density at radius 1 is 1.20 bits per heavy atom. The van der Waals surface area contributed by atoms with Crippen molar-refractivity contribution in [3.05, 3.63) is 36.1 Å². The summed E-state index contributed by atoms with van der Waals surface area (Å²) < 4.78 is 63.1. The van der Waals surface area contributed by atoms with Gasteiger partial charge in [-0.1, -0.05) is 6.08 Å². The highest BCUT2D eigenvalue weighted by atomic mass is 32.2. The van der Waals surface area contributed by atoms with E-state index < -0.39 is 21.8 Å². The minimum atomic E-state index is -4.68. The number of alkyl halides is 3. The van der Waals surface area contributed by atoms with Crippen LogP contribution in [-0.4, -0.2) is 34.4 Å². The van der Waals surface area contributed by atoms with Crippen molar-refractivity contribution in [3.63, 3.8) is 0 Å². The molecule has 0 unspecified atom stereocenters. The van der Waals surface area contributed by atoms with E-state index in [1.807, 2.05) is 6.08 Å². The van der Waals surface area contributed by atoms with Crippen LogP contribution in [0.1, 0.15) is 37.3 Å². The molecule has 0 aromatic carbocycles. The van der Waals surface area contributed by atoms with Gasteiger partial charge < -0.3 is 0 Å². The monoisotopic (exact) mass is 372 g/mol. The highest BCUT2D eigenvalue weighted by Gasteiger charge is 2.38. The lowest BCUT2D eigenvalue weighted by atomic mass is 9.99. The van der Waals surface area contributed by atoms with Gasteiger partial charge in [-0.3, -0.25) is 0 Å². The van der Waals surface area contributed by atoms with Crippen LogP contribution in [0.25, 0.3) is 11.4 Å². The van der Waals surface area contributed by atoms with Crippen LogP contribution in [0, 0.1) is 0 Å². The summed E-state index contributed by atoms with van der Waals surface area (Å²) in [6, 6.07) is 2.60. The third-order valence-electron chi connectivity index (χ3n) is 3.80. The van der Waals surface area contributed by atoms with Gasteiger partial charge >= 0.3 is 6.18 Å². The molecule has 2 heterocycles. The highest BCUT2D eigenvalue weighted by Crippen LogP contribution is 2.31. The number of rotatable bonds is 3. The normalized spacial score (nSPS) is 15.9. The average Bonchev–Trinajstić information content (AvgIpc) is 3.00. The van der Waals surface area contributed by atoms with E-state index in [9.17, 15) is 21.6 Å². The number of hydrogen-bond donors (Lipinski definition) is 0. The van der Waals surface area contributed by atoms with E-state index in [0.717, 1.165) is 36.4 Å². The SMILES string of the molecule is CS(=O)(=O)c1ccc(-n2nc(C(F)(F)F)nc2C2=CCCCC2)nc1. The predicted molar refractivity (Wildman–Crippen MR) is 83.7 cm³/mol. The van der Waals surface area contributed by atoms with Gasteiger partial charge in [-0.05, 0) is 43.4 Å². The first-order valence-corrected chi connectivity index (χ1v) is 9.45. The van der Waals surface area contributed by atoms with E-state index in [1.54, 1.807) is 0 Å². The smallest absolute Gasteiger partial charge is 0.236 e. The van der Waals surface area contributed by atoms with Crippen LogP contribution in [0.15, 0.2) is 29.3 Å². The molecule has 0 fully saturated rings. The number of hydrogen-bond acceptors (Lipinski definition) is 5. The molecule has 25 heavy (non-hydrogen) atoms. The third kappa shape index (κ3) is 3.73. The van der Waals surface area contributed by atoms with Gasteiger partial charge in [0.15, 0.2) is 21.5 Å². The van der Waals surface area contributed by atoms with Crippen molar-refractivity contribution in [1.82, 2.24) is 19.7 Å². The number of allylic oxidation sites excluding steroid dienone is 2. The van der Waals surface area contributed by atoms with Gasteiger partial charge in [0.05, 0.1) is 4.90 Å². The molecule has 134 valence electrons. The number of aromatic nitrogens is 4. The molecule has 0 bridgehead atoms. The van der Waals surface area contributed by atoms with Crippen molar-refractivity contribution >= 4 is 15.4 Å². The first-order chi connectivity index (χ1) is 11.7. The van der Waals surface area contributed by atoms with E-state index in [0.29, 0.717) is 12.0 Å². The molecule has 1 aliphatic carbocycles. The van der Waals surface area contributed by atoms with E-state index in [-0.39, 0.29) is 16.5 Å². The lowest BCUT2D eigenvalue weighted by Crippen LogP contribution is -2.09. The van der Waals surface area contributed by atoms with Crippen molar-refractivity contribution in [3.8, 4) is 5.82 Å². The van der Waals surface area contributed by atoms with Gasteiger partial charge in [-0.15, -0.1) is 5.10 Å². The Hall–Kier alpha value is -2.23. The van der Waals surface area contributed by atoms with Gasteiger partial charge in [0, 0.05) is 12.5 Å². The van der Waals surface area contributed by atoms with Crippen LogP contribution in [0.4, 0.5) is 13.2 Å². The quantitative estimate of drug-likeness (QED) is 0.828. The predicted octanol–water partition coefficient (Wildman–Crippen LogP) is 3.04. The van der Waals surface area contributed by atoms with Crippen molar-refractivity contribution in [2.24, 2.45) is 0 Å². The fourth-order valence-electron chi connectivity index (χ4n) is 2.56. The Bertz CT molecular complexity index is 915. The molecule has 10 heteroatoms. The Kier molecular flexibility index (Phi) is 4.40. The molecule has 0 aliphatic heterocycles. The molecule has 3 rings (SSSR count). The Balaban J connectivity index is 2.11. The summed E-state index contributed by atoms with van der Waals surface area (Å²) in [6.45, 7) is 0. The summed E-state index contributed by atoms with van der Waals surface area (Å²) in [5.74, 6) is -1.08. The third-order valence-corrected chi connectivity index (χ3v) is 4.90. The molecule has 2 aromatic rings. The Morgan fingerprint density at radius 2 is 1.96 bits per heavy atom. The summed E-state index contributed by atoms with van der Waals surface area (Å²) in [7, 11) is -3.45. The van der Waals surface area contributed by atoms with Gasteiger partial charge in [0.25, 0.3) is 5.82 Å². The van der Waals surface area contributed by atoms with E-state index in [2.05, 4.69) is 15.1 Å². The molecule has 6 nitrogen and oxygen atoms in total. The molecular weight excluding hydrogens is 357 g/mol. The van der Waals surface area contributed by atoms with Crippen LogP contribution in [0.3, 0.4) is 0 Å². The van der Waals surface area contributed by atoms with Crippen LogP contribution in [-0.2, 0) is 16.0 Å². The van der Waals surface area contributed by atoms with Crippen LogP contribution >= 0.6 is 0 Å². The van der Waals surface area contributed by atoms with Crippen molar-refractivity contribution in [1.29, 1.82) is 0 Å². The van der Waals surface area contributed by atoms with Gasteiger partial charge in [-0.2, -0.15) is 17.9 Å². The molecule has 0 spiro atoms. The van der Waals surface area contributed by atoms with Crippen molar-refractivity contribution in [2.75, 3.05) is 6.26 Å². The molecule has 1 aliphatic rings. The molecule has 0 saturated carbocycles. The lowest BCUT2D eigenvalue weighted by Gasteiger charge is -2.12. The average molecular weight is 372 g/mol. The number of pyridine rings is 1. The number of nitrogens with zero attached hydrogens (tertiary/aromatic N) is 4. The molecule has 0 saturated heterocycles. The van der Waals surface area contributed by atoms with Crippen LogP contribution < -0.4 is 0 Å². The van der Waals surface area contributed by atoms with E-state index in [4.69, 9.17) is 0 Å². The zero-order valence-electron chi connectivity index (χ0n) is 13.3. The summed E-state index contributed by atoms with van der Waals surface area (Å²) in [6.07, 6.45) is 2.52. The maximum atomic E-state index is 13.0. The topological polar surface area (TPSA) is 77.7 Å². The maximum Gasteiger partial charge on any atom is 0.453 e. The molecule has 0 amide bonds. The first-order valence-electron chi connectivity index (χ1n) is 7.56. The number of halogens is 3. The first kappa shape index (κ1) is 17.6. The molecular formula is C15H15F3N4O2S. The second-order valence-electron chi connectivity index (χ2n) is 5.77. The van der Waals surface area contributed by atoms with Crippen LogP contribution in [0.2, 0.25) is 0 Å². The van der Waals surface area contributed by atoms with Crippen molar-refractivity contribution in [2.45, 2.75) is 36.8 Å². The van der Waals surface area contributed by atoms with Crippen LogP contribution in [0.5, 0.6) is 0 Å². The Morgan fingerprint density at radius 3 is 2.48 bits per heavy atom. The standard InChI is InChI=1S/C15H15F3N4O2S/c1-25(23,24)11-7-8-12(19-9-11)22-13(10-5-3-2-4-6-10)20-14(21-22)15(16,17)18/h5,7-9H,2-4,6H2,1H3. The fraction of sp³-hybridized carbons (Fsp3) is 0.400. The zero-order chi connectivity index (χ0) is 18.2. The van der Waals surface area contributed by atoms with Gasteiger partial charge in [0.2, 0.25) is 0 Å². The largest absolute Gasteiger partial charge is 0.453 e. The van der Waals surface area contributed by atoms with Gasteiger partial charge in [-0.25, -0.2) is 18.4 Å². The fourth-order valence-corrected chi connectivity index (χ4v) is 3.12. The zero-order valence-corrected chi connectivity index (χ0v) is 14.1. The molecule has 2 aromatic heterocycles. The number of sulfone groups is 1. The summed E-state index contributed by atoms with van der Waals surface area (Å²) in [4.78, 5) is 7.58. The van der Waals surface area contributed by atoms with Crippen molar-refractivity contribution < 1.29 is 21.6 Å². The van der Waals surface area contributed by atoms with E-state index in [1.165, 1.54) is 12.1 Å². The second-order valence-corrected chi connectivity index (χ2v) is 7.78. The highest BCUT2D eigenvalue weighted by molar-refractivity contribution is 7.90. The minimum Gasteiger partial charge on any atom is -0.236 e. The summed E-state index contributed by atoms with van der Waals surface area (Å²) in [5, 5.41) is 3.55. The Labute approximate surface area is 142 Å². The van der Waals surface area contributed by atoms with E-state index >= 15 is 0 Å².